The summed E-state index contributed by atoms with van der Waals surface area (Å²) in [6.45, 7) is 0. The first kappa shape index (κ1) is 11.6. The number of aliphatic carboxylic acids is 1. The third-order valence-corrected chi connectivity index (χ3v) is 2.65. The first-order valence-electron chi connectivity index (χ1n) is 4.60. The van der Waals surface area contributed by atoms with Gasteiger partial charge in [0.2, 0.25) is 0 Å². The molecular formula is C10H7BrN2O4. The number of hydrogen-bond acceptors (Lipinski definition) is 3. The minimum atomic E-state index is -1.18. The van der Waals surface area contributed by atoms with Gasteiger partial charge in [-0.3, -0.25) is 4.79 Å². The van der Waals surface area contributed by atoms with Crippen molar-refractivity contribution in [2.45, 2.75) is 6.42 Å². The maximum Gasteiger partial charge on any atom is 0.356 e. The zero-order valence-corrected chi connectivity index (χ0v) is 10.0. The van der Waals surface area contributed by atoms with E-state index in [1.165, 1.54) is 4.40 Å². The van der Waals surface area contributed by atoms with Crippen molar-refractivity contribution in [3.8, 4) is 0 Å². The molecule has 2 N–H and O–H groups in total. The molecule has 0 aliphatic rings. The Morgan fingerprint density at radius 2 is 2.06 bits per heavy atom. The van der Waals surface area contributed by atoms with E-state index < -0.39 is 11.9 Å². The van der Waals surface area contributed by atoms with Crippen LogP contribution in [0.5, 0.6) is 0 Å². The maximum absolute atomic E-state index is 11.0. The number of fused-ring (bicyclic) bond motifs is 1. The summed E-state index contributed by atoms with van der Waals surface area (Å²) in [5.74, 6) is -2.05. The van der Waals surface area contributed by atoms with Crippen molar-refractivity contribution in [1.29, 1.82) is 0 Å². The number of nitrogens with zero attached hydrogens (tertiary/aromatic N) is 2. The lowest BCUT2D eigenvalue weighted by Gasteiger charge is -1.98. The Morgan fingerprint density at radius 1 is 1.35 bits per heavy atom. The van der Waals surface area contributed by atoms with E-state index in [2.05, 4.69) is 20.9 Å². The number of imidazole rings is 1. The maximum atomic E-state index is 11.0. The lowest BCUT2D eigenvalue weighted by molar-refractivity contribution is -0.136. The average molecular weight is 299 g/mol. The highest BCUT2D eigenvalue weighted by Gasteiger charge is 2.18. The number of hydrogen-bond donors (Lipinski definition) is 2. The first-order chi connectivity index (χ1) is 7.99. The molecular weight excluding hydrogens is 292 g/mol. The molecule has 0 saturated heterocycles. The largest absolute Gasteiger partial charge is 0.481 e. The molecule has 88 valence electrons. The van der Waals surface area contributed by atoms with Crippen molar-refractivity contribution in [3.63, 3.8) is 0 Å². The van der Waals surface area contributed by atoms with Gasteiger partial charge < -0.3 is 14.6 Å². The Labute approximate surface area is 104 Å². The van der Waals surface area contributed by atoms with Crippen LogP contribution in [0, 0.1) is 0 Å². The number of carbonyl (C=O) groups is 2. The molecule has 0 aliphatic heterocycles. The first-order valence-corrected chi connectivity index (χ1v) is 5.40. The van der Waals surface area contributed by atoms with Crippen LogP contribution in [0.1, 0.15) is 16.3 Å². The molecule has 0 radical (unpaired) electrons. The van der Waals surface area contributed by atoms with Crippen molar-refractivity contribution in [1.82, 2.24) is 9.38 Å². The topological polar surface area (TPSA) is 91.9 Å². The number of aromatic carboxylic acids is 1. The summed E-state index contributed by atoms with van der Waals surface area (Å²) < 4.78 is 2.17. The highest BCUT2D eigenvalue weighted by molar-refractivity contribution is 9.10. The van der Waals surface area contributed by atoms with Gasteiger partial charge in [-0.2, -0.15) is 0 Å². The molecule has 2 rings (SSSR count). The normalized spacial score (nSPS) is 10.6. The highest BCUT2D eigenvalue weighted by Crippen LogP contribution is 2.18. The Morgan fingerprint density at radius 3 is 2.65 bits per heavy atom. The second kappa shape index (κ2) is 4.17. The molecule has 0 aromatic carbocycles. The van der Waals surface area contributed by atoms with Crippen LogP contribution in [0.2, 0.25) is 0 Å². The van der Waals surface area contributed by atoms with Crippen LogP contribution in [0.15, 0.2) is 22.8 Å². The number of carboxylic acid groups (broad SMARTS) is 2. The van der Waals surface area contributed by atoms with Crippen LogP contribution in [-0.2, 0) is 11.2 Å². The van der Waals surface area contributed by atoms with Gasteiger partial charge in [0.25, 0.3) is 0 Å². The van der Waals surface area contributed by atoms with E-state index in [0.717, 1.165) is 0 Å². The van der Waals surface area contributed by atoms with Gasteiger partial charge in [-0.25, -0.2) is 9.78 Å². The summed E-state index contributed by atoms with van der Waals surface area (Å²) >= 11 is 3.24. The summed E-state index contributed by atoms with van der Waals surface area (Å²) in [6.07, 6.45) is 1.26. The SMILES string of the molecule is O=C(O)Cc1nc(C(=O)O)c2ccc(Br)cn12. The third kappa shape index (κ3) is 2.14. The summed E-state index contributed by atoms with van der Waals surface area (Å²) in [7, 11) is 0. The van der Waals surface area contributed by atoms with E-state index >= 15 is 0 Å². The molecule has 7 heteroatoms. The van der Waals surface area contributed by atoms with Crippen LogP contribution in [0.4, 0.5) is 0 Å². The summed E-state index contributed by atoms with van der Waals surface area (Å²) in [6, 6.07) is 3.25. The molecule has 17 heavy (non-hydrogen) atoms. The fourth-order valence-electron chi connectivity index (χ4n) is 1.54. The number of aromatic nitrogens is 2. The lowest BCUT2D eigenvalue weighted by Crippen LogP contribution is -2.04. The van der Waals surface area contributed by atoms with Crippen molar-refractivity contribution < 1.29 is 19.8 Å². The quantitative estimate of drug-likeness (QED) is 0.894. The Kier molecular flexibility index (Phi) is 2.84. The van der Waals surface area contributed by atoms with E-state index in [4.69, 9.17) is 10.2 Å². The molecule has 0 aliphatic carbocycles. The molecule has 0 unspecified atom stereocenters. The standard InChI is InChI=1S/C10H7BrN2O4/c11-5-1-2-6-9(10(16)17)12-7(3-8(14)15)13(6)4-5/h1-2,4H,3H2,(H,14,15)(H,16,17). The Hall–Kier alpha value is -1.89. The van der Waals surface area contributed by atoms with Crippen molar-refractivity contribution >= 4 is 33.4 Å². The van der Waals surface area contributed by atoms with E-state index in [0.29, 0.717) is 9.99 Å². The van der Waals surface area contributed by atoms with Gasteiger partial charge >= 0.3 is 11.9 Å². The van der Waals surface area contributed by atoms with E-state index in [9.17, 15) is 9.59 Å². The van der Waals surface area contributed by atoms with Crippen LogP contribution in [-0.4, -0.2) is 31.5 Å². The Balaban J connectivity index is 2.70. The summed E-state index contributed by atoms with van der Waals surface area (Å²) in [5.41, 5.74) is 0.228. The zero-order chi connectivity index (χ0) is 12.6. The fourth-order valence-corrected chi connectivity index (χ4v) is 1.88. The second-order valence-electron chi connectivity index (χ2n) is 3.35. The molecule has 2 aromatic heterocycles. The van der Waals surface area contributed by atoms with Gasteiger partial charge in [-0.1, -0.05) is 0 Å². The van der Waals surface area contributed by atoms with Crippen LogP contribution < -0.4 is 0 Å². The Bertz CT molecular complexity index is 620. The minimum absolute atomic E-state index is 0.145. The van der Waals surface area contributed by atoms with Crippen molar-refractivity contribution in [2.75, 3.05) is 0 Å². The van der Waals surface area contributed by atoms with Gasteiger partial charge in [0, 0.05) is 10.7 Å². The van der Waals surface area contributed by atoms with E-state index in [1.54, 1.807) is 18.3 Å². The number of rotatable bonds is 3. The molecule has 0 amide bonds. The molecule has 0 atom stereocenters. The molecule has 2 heterocycles. The predicted molar refractivity (Wildman–Crippen MR) is 61.2 cm³/mol. The second-order valence-corrected chi connectivity index (χ2v) is 4.27. The molecule has 0 fully saturated rings. The van der Waals surface area contributed by atoms with Gasteiger partial charge in [-0.15, -0.1) is 0 Å². The van der Waals surface area contributed by atoms with Crippen LogP contribution in [0.3, 0.4) is 0 Å². The van der Waals surface area contributed by atoms with Crippen molar-refractivity contribution in [3.05, 3.63) is 34.3 Å². The number of halogens is 1. The zero-order valence-electron chi connectivity index (χ0n) is 8.42. The third-order valence-electron chi connectivity index (χ3n) is 2.19. The monoisotopic (exact) mass is 298 g/mol. The average Bonchev–Trinajstić information content (AvgIpc) is 2.56. The predicted octanol–water partition coefficient (Wildman–Crippen LogP) is 1.42. The molecule has 0 spiro atoms. The molecule has 6 nitrogen and oxygen atoms in total. The fraction of sp³-hybridized carbons (Fsp3) is 0.100. The van der Waals surface area contributed by atoms with E-state index in [1.807, 2.05) is 0 Å². The van der Waals surface area contributed by atoms with Gasteiger partial charge in [0.1, 0.15) is 12.2 Å². The molecule has 0 bridgehead atoms. The molecule has 0 saturated carbocycles. The van der Waals surface area contributed by atoms with Crippen molar-refractivity contribution in [2.24, 2.45) is 0 Å². The minimum Gasteiger partial charge on any atom is -0.481 e. The highest BCUT2D eigenvalue weighted by atomic mass is 79.9. The summed E-state index contributed by atoms with van der Waals surface area (Å²) in [5, 5.41) is 17.7. The smallest absolute Gasteiger partial charge is 0.356 e. The molecule has 2 aromatic rings. The number of carboxylic acids is 2. The van der Waals surface area contributed by atoms with Crippen LogP contribution in [0.25, 0.3) is 5.52 Å². The van der Waals surface area contributed by atoms with E-state index in [-0.39, 0.29) is 17.9 Å². The van der Waals surface area contributed by atoms with Gasteiger partial charge in [-0.05, 0) is 28.1 Å². The summed E-state index contributed by atoms with van der Waals surface area (Å²) in [4.78, 5) is 25.5. The van der Waals surface area contributed by atoms with Gasteiger partial charge in [0.15, 0.2) is 5.69 Å². The lowest BCUT2D eigenvalue weighted by atomic mass is 10.3. The van der Waals surface area contributed by atoms with Crippen LogP contribution >= 0.6 is 15.9 Å². The number of pyridine rings is 1. The van der Waals surface area contributed by atoms with Gasteiger partial charge in [0.05, 0.1) is 5.52 Å².